The Bertz CT molecular complexity index is 3280. The van der Waals surface area contributed by atoms with Gasteiger partial charge in [-0.2, -0.15) is 0 Å². The van der Waals surface area contributed by atoms with Gasteiger partial charge < -0.3 is 35.3 Å². The van der Waals surface area contributed by atoms with Crippen LogP contribution in [-0.4, -0.2) is 92.0 Å². The molecule has 0 fully saturated rings. The molecule has 0 bridgehead atoms. The lowest BCUT2D eigenvalue weighted by Crippen LogP contribution is -1.95. The zero-order chi connectivity index (χ0) is 47.0. The molecule has 0 N–H and O–H groups in total. The first-order valence-corrected chi connectivity index (χ1v) is 38.8. The second-order valence-corrected chi connectivity index (χ2v) is 34.3. The van der Waals surface area contributed by atoms with Crippen LogP contribution in [0.15, 0.2) is 126 Å². The molecule has 0 atom stereocenters. The molecule has 0 saturated carbocycles. The van der Waals surface area contributed by atoms with Gasteiger partial charge in [-0.05, 0) is 0 Å². The van der Waals surface area contributed by atoms with Crippen LogP contribution in [0.4, 0.5) is 0 Å². The summed E-state index contributed by atoms with van der Waals surface area (Å²) in [6.07, 6.45) is 3.81. The zero-order valence-corrected chi connectivity index (χ0v) is 50.3. The Balaban J connectivity index is 0.830. The van der Waals surface area contributed by atoms with Crippen molar-refractivity contribution in [1.29, 1.82) is 0 Å². The molecule has 8 aromatic heterocycles. The SMILES string of the molecule is c1oc(-c2oc(-c3oc(-c4oc(-c5oc(-c6oc(-c7oc(-c8occ9c8SCCS9)c8c7SCCS8)c7c6SCCS7)c6c5SCCS6)c5c4SCCS5)c4c3SCCS4)c3c2SCCS3)c2c1SCCS2. The third kappa shape index (κ3) is 7.81. The van der Waals surface area contributed by atoms with Crippen molar-refractivity contribution in [3.05, 3.63) is 12.5 Å². The Morgan fingerprint density at radius 2 is 0.333 bits per heavy atom. The van der Waals surface area contributed by atoms with Crippen LogP contribution in [0, 0.1) is 0 Å². The van der Waals surface area contributed by atoms with E-state index in [0.717, 1.165) is 231 Å². The normalized spacial score (nSPS) is 19.3. The summed E-state index contributed by atoms with van der Waals surface area (Å²) in [5.74, 6) is 27.4. The van der Waals surface area contributed by atoms with Gasteiger partial charge in [0.05, 0.1) is 78.3 Å². The number of hydrogen-bond donors (Lipinski definition) is 0. The lowest BCUT2D eigenvalue weighted by Gasteiger charge is -2.13. The first kappa shape index (κ1) is 47.8. The van der Waals surface area contributed by atoms with Crippen LogP contribution in [0.3, 0.4) is 0 Å². The summed E-state index contributed by atoms with van der Waals surface area (Å²) in [5, 5.41) is 0. The molecule has 8 aromatic rings. The van der Waals surface area contributed by atoms with Gasteiger partial charge in [-0.15, -0.1) is 188 Å². The monoisotopic (exact) mass is 1250 g/mol. The highest BCUT2D eigenvalue weighted by Gasteiger charge is 2.42. The Morgan fingerprint density at radius 3 is 0.528 bits per heavy atom. The van der Waals surface area contributed by atoms with Crippen molar-refractivity contribution in [3.63, 3.8) is 0 Å². The standard InChI is InChI=1S/C48H34O8S16/c1-3-59-35-19(57-1)17-49-21(35)23-37-39(63-7-5-61-37)25(51-23)27-41-43(67-11-9-65-41)29(53-27)31-45-47(71-15-13-69-45)33(55-31)34-48-46(70-14-16-72-48)32(56-34)30-44-42(66-10-12-68-44)28(54-30)26-40-38(62-6-8-64-40)24(52-26)22-36-20(18-50-22)58-2-4-60-36/h17-18H,1-16H2. The summed E-state index contributed by atoms with van der Waals surface area (Å²) in [5.41, 5.74) is 0. The molecule has 0 saturated heterocycles. The average molecular weight is 1250 g/mol. The molecule has 0 unspecified atom stereocenters. The minimum atomic E-state index is 0.774. The number of fused-ring (bicyclic) bond motifs is 8. The summed E-state index contributed by atoms with van der Waals surface area (Å²) < 4.78 is 55.9. The van der Waals surface area contributed by atoms with Crippen LogP contribution in [0.25, 0.3) is 80.6 Å². The molecule has 370 valence electrons. The van der Waals surface area contributed by atoms with E-state index >= 15 is 0 Å². The summed E-state index contributed by atoms with van der Waals surface area (Å²) in [6.45, 7) is 0. The van der Waals surface area contributed by atoms with Crippen molar-refractivity contribution < 1.29 is 35.3 Å². The van der Waals surface area contributed by atoms with Crippen LogP contribution >= 0.6 is 188 Å². The van der Waals surface area contributed by atoms with Crippen molar-refractivity contribution >= 4 is 188 Å². The molecule has 72 heavy (non-hydrogen) atoms. The van der Waals surface area contributed by atoms with Gasteiger partial charge in [0.15, 0.2) is 80.6 Å². The second-order valence-electron chi connectivity index (χ2n) is 16.6. The fourth-order valence-corrected chi connectivity index (χ4v) is 28.5. The molecular formula is C48H34O8S16. The molecule has 16 heterocycles. The average Bonchev–Trinajstić information content (AvgIpc) is 4.32. The van der Waals surface area contributed by atoms with Crippen molar-refractivity contribution in [3.8, 4) is 80.6 Å². The Hall–Kier alpha value is -0.160. The molecule has 0 aromatic carbocycles. The first-order chi connectivity index (χ1) is 35.7. The van der Waals surface area contributed by atoms with E-state index in [9.17, 15) is 0 Å². The number of rotatable bonds is 7. The first-order valence-electron chi connectivity index (χ1n) is 23.0. The summed E-state index contributed by atoms with van der Waals surface area (Å²) >= 11 is 29.8. The molecule has 16 rings (SSSR count). The van der Waals surface area contributed by atoms with Gasteiger partial charge >= 0.3 is 0 Å². The third-order valence-corrected chi connectivity index (χ3v) is 32.8. The van der Waals surface area contributed by atoms with E-state index < -0.39 is 0 Å². The maximum Gasteiger partial charge on any atom is 0.186 e. The van der Waals surface area contributed by atoms with Gasteiger partial charge in [-0.25, -0.2) is 0 Å². The number of hydrogen-bond acceptors (Lipinski definition) is 24. The fourth-order valence-electron chi connectivity index (χ4n) is 9.54. The molecule has 0 radical (unpaired) electrons. The van der Waals surface area contributed by atoms with Crippen LogP contribution in [0.1, 0.15) is 0 Å². The van der Waals surface area contributed by atoms with E-state index in [2.05, 4.69) is 0 Å². The van der Waals surface area contributed by atoms with Crippen LogP contribution in [0.5, 0.6) is 0 Å². The number of thioether (sulfide) groups is 16. The second kappa shape index (κ2) is 19.9. The molecule has 8 nitrogen and oxygen atoms in total. The summed E-state index contributed by atoms with van der Waals surface area (Å²) in [4.78, 5) is 18.4. The van der Waals surface area contributed by atoms with Crippen molar-refractivity contribution in [1.82, 2.24) is 0 Å². The summed E-state index contributed by atoms with van der Waals surface area (Å²) in [7, 11) is 0. The molecule has 24 heteroatoms. The van der Waals surface area contributed by atoms with E-state index in [1.54, 1.807) is 0 Å². The number of furan rings is 8. The van der Waals surface area contributed by atoms with Gasteiger partial charge in [0.2, 0.25) is 0 Å². The molecule has 0 aliphatic carbocycles. The van der Waals surface area contributed by atoms with Gasteiger partial charge in [0.25, 0.3) is 0 Å². The Kier molecular flexibility index (Phi) is 13.2. The molecule has 0 spiro atoms. The molecule has 0 amide bonds. The summed E-state index contributed by atoms with van der Waals surface area (Å²) in [6, 6.07) is 0. The predicted molar refractivity (Wildman–Crippen MR) is 314 cm³/mol. The van der Waals surface area contributed by atoms with Crippen molar-refractivity contribution in [2.75, 3.05) is 92.0 Å². The van der Waals surface area contributed by atoms with E-state index in [0.29, 0.717) is 0 Å². The van der Waals surface area contributed by atoms with Crippen LogP contribution in [-0.2, 0) is 0 Å². The van der Waals surface area contributed by atoms with Crippen LogP contribution in [0.2, 0.25) is 0 Å². The minimum Gasteiger partial charge on any atom is -0.459 e. The Labute approximate surface area is 481 Å². The zero-order valence-electron chi connectivity index (χ0n) is 37.3. The smallest absolute Gasteiger partial charge is 0.186 e. The highest BCUT2D eigenvalue weighted by atomic mass is 32.2. The quantitative estimate of drug-likeness (QED) is 0.151. The van der Waals surface area contributed by atoms with Crippen molar-refractivity contribution in [2.45, 2.75) is 78.3 Å². The van der Waals surface area contributed by atoms with Crippen molar-refractivity contribution in [2.24, 2.45) is 0 Å². The minimum absolute atomic E-state index is 0.774. The highest BCUT2D eigenvalue weighted by molar-refractivity contribution is 8.09. The Morgan fingerprint density at radius 1 is 0.181 bits per heavy atom. The van der Waals surface area contributed by atoms with Gasteiger partial charge in [-0.1, -0.05) is 0 Å². The molecular weight excluding hydrogens is 1220 g/mol. The third-order valence-electron chi connectivity index (χ3n) is 12.4. The lowest BCUT2D eigenvalue weighted by molar-refractivity contribution is 0.479. The van der Waals surface area contributed by atoms with Crippen LogP contribution < -0.4 is 0 Å². The lowest BCUT2D eigenvalue weighted by atomic mass is 10.3. The van der Waals surface area contributed by atoms with Gasteiger partial charge in [0, 0.05) is 92.0 Å². The maximum atomic E-state index is 7.33. The fraction of sp³-hybridized carbons (Fsp3) is 0.333. The largest absolute Gasteiger partial charge is 0.459 e. The van der Waals surface area contributed by atoms with E-state index in [1.165, 1.54) is 19.6 Å². The van der Waals surface area contributed by atoms with E-state index in [1.807, 2.05) is 201 Å². The van der Waals surface area contributed by atoms with E-state index in [4.69, 9.17) is 35.3 Å². The van der Waals surface area contributed by atoms with Gasteiger partial charge in [-0.3, -0.25) is 0 Å². The topological polar surface area (TPSA) is 105 Å². The maximum absolute atomic E-state index is 7.33. The van der Waals surface area contributed by atoms with Gasteiger partial charge in [0.1, 0.15) is 12.5 Å². The highest BCUT2D eigenvalue weighted by Crippen LogP contribution is 2.64. The van der Waals surface area contributed by atoms with E-state index in [-0.39, 0.29) is 0 Å². The molecule has 8 aliphatic heterocycles. The predicted octanol–water partition coefficient (Wildman–Crippen LogP) is 19.7. The molecule has 8 aliphatic rings.